The Morgan fingerprint density at radius 3 is 2.83 bits per heavy atom. The van der Waals surface area contributed by atoms with E-state index < -0.39 is 0 Å². The maximum absolute atomic E-state index is 13.1. The number of carbonyl (C=O) groups excluding carboxylic acids is 1. The van der Waals surface area contributed by atoms with Crippen molar-refractivity contribution in [3.05, 3.63) is 34.9 Å². The second-order valence-corrected chi connectivity index (χ2v) is 7.60. The van der Waals surface area contributed by atoms with Crippen molar-refractivity contribution in [2.45, 2.75) is 58.7 Å². The molecule has 1 aromatic carbocycles. The number of benzene rings is 1. The minimum Gasteiger partial charge on any atom is -0.370 e. The topological polar surface area (TPSA) is 41.6 Å². The summed E-state index contributed by atoms with van der Waals surface area (Å²) in [5, 5.41) is 3.43. The highest BCUT2D eigenvalue weighted by molar-refractivity contribution is 5.79. The maximum Gasteiger partial charge on any atom is 0.226 e. The van der Waals surface area contributed by atoms with Crippen molar-refractivity contribution < 1.29 is 9.53 Å². The molecule has 2 saturated heterocycles. The first-order valence-corrected chi connectivity index (χ1v) is 9.18. The average molecular weight is 330 g/mol. The van der Waals surface area contributed by atoms with Crippen LogP contribution >= 0.6 is 0 Å². The summed E-state index contributed by atoms with van der Waals surface area (Å²) in [5.41, 5.74) is 3.70. The van der Waals surface area contributed by atoms with Crippen LogP contribution in [-0.4, -0.2) is 42.6 Å². The van der Waals surface area contributed by atoms with Gasteiger partial charge in [-0.15, -0.1) is 0 Å². The molecule has 4 nitrogen and oxygen atoms in total. The number of amides is 1. The molecule has 132 valence electrons. The first-order chi connectivity index (χ1) is 11.5. The summed E-state index contributed by atoms with van der Waals surface area (Å²) in [6.45, 7) is 10.7. The zero-order chi connectivity index (χ0) is 17.3. The lowest BCUT2D eigenvalue weighted by molar-refractivity contribution is -0.150. The SMILES string of the molecule is Cc1ccc(C)c([C@H]2CN(C(=O)[C@H]3CCN[C@@H](C)C3)[C@H](C)CO2)c1. The fraction of sp³-hybridized carbons (Fsp3) is 0.650. The second-order valence-electron chi connectivity index (χ2n) is 7.60. The number of aryl methyl sites for hydroxylation is 2. The molecule has 2 fully saturated rings. The van der Waals surface area contributed by atoms with Gasteiger partial charge in [0.25, 0.3) is 0 Å². The molecule has 24 heavy (non-hydrogen) atoms. The molecular formula is C20H30N2O2. The zero-order valence-electron chi connectivity index (χ0n) is 15.3. The van der Waals surface area contributed by atoms with E-state index in [1.54, 1.807) is 0 Å². The Labute approximate surface area is 145 Å². The quantitative estimate of drug-likeness (QED) is 0.906. The number of ether oxygens (including phenoxy) is 1. The van der Waals surface area contributed by atoms with Gasteiger partial charge in [-0.1, -0.05) is 23.8 Å². The van der Waals surface area contributed by atoms with Crippen LogP contribution < -0.4 is 5.32 Å². The standard InChI is InChI=1S/C20H30N2O2/c1-13-5-6-14(2)18(9-13)19-11-22(16(4)12-24-19)20(23)17-7-8-21-15(3)10-17/h5-6,9,15-17,19,21H,7-8,10-12H2,1-4H3/t15-,16+,17-,19+/m0/s1. The molecule has 0 bridgehead atoms. The van der Waals surface area contributed by atoms with Crippen molar-refractivity contribution in [2.75, 3.05) is 19.7 Å². The number of morpholine rings is 1. The first kappa shape index (κ1) is 17.4. The monoisotopic (exact) mass is 330 g/mol. The van der Waals surface area contributed by atoms with Crippen molar-refractivity contribution >= 4 is 5.91 Å². The molecule has 0 saturated carbocycles. The summed E-state index contributed by atoms with van der Waals surface area (Å²) in [7, 11) is 0. The third-order valence-corrected chi connectivity index (χ3v) is 5.47. The fourth-order valence-corrected chi connectivity index (χ4v) is 3.95. The van der Waals surface area contributed by atoms with Gasteiger partial charge in [0.2, 0.25) is 5.91 Å². The molecule has 2 aliphatic heterocycles. The van der Waals surface area contributed by atoms with Gasteiger partial charge < -0.3 is 15.0 Å². The van der Waals surface area contributed by atoms with Crippen LogP contribution in [0.3, 0.4) is 0 Å². The van der Waals surface area contributed by atoms with Gasteiger partial charge in [-0.05, 0) is 58.2 Å². The highest BCUT2D eigenvalue weighted by atomic mass is 16.5. The van der Waals surface area contributed by atoms with Crippen molar-refractivity contribution in [3.8, 4) is 0 Å². The lowest BCUT2D eigenvalue weighted by Gasteiger charge is -2.41. The van der Waals surface area contributed by atoms with Gasteiger partial charge in [0.05, 0.1) is 19.2 Å². The van der Waals surface area contributed by atoms with Gasteiger partial charge in [-0.25, -0.2) is 0 Å². The number of piperidine rings is 1. The number of hydrogen-bond acceptors (Lipinski definition) is 3. The lowest BCUT2D eigenvalue weighted by atomic mass is 9.90. The zero-order valence-corrected chi connectivity index (χ0v) is 15.3. The van der Waals surface area contributed by atoms with Gasteiger partial charge in [-0.2, -0.15) is 0 Å². The largest absolute Gasteiger partial charge is 0.370 e. The van der Waals surface area contributed by atoms with Crippen LogP contribution in [0.4, 0.5) is 0 Å². The molecule has 0 spiro atoms. The molecule has 4 atom stereocenters. The van der Waals surface area contributed by atoms with Gasteiger partial charge in [0.15, 0.2) is 0 Å². The minimum absolute atomic E-state index is 0.0100. The van der Waals surface area contributed by atoms with Crippen LogP contribution in [0, 0.1) is 19.8 Å². The molecule has 0 unspecified atom stereocenters. The van der Waals surface area contributed by atoms with Crippen LogP contribution in [0.5, 0.6) is 0 Å². The summed E-state index contributed by atoms with van der Waals surface area (Å²) in [6, 6.07) is 7.06. The van der Waals surface area contributed by atoms with E-state index in [9.17, 15) is 4.79 Å². The molecule has 0 aliphatic carbocycles. The van der Waals surface area contributed by atoms with Gasteiger partial charge >= 0.3 is 0 Å². The molecular weight excluding hydrogens is 300 g/mol. The van der Waals surface area contributed by atoms with E-state index >= 15 is 0 Å². The molecule has 1 N–H and O–H groups in total. The molecule has 1 aromatic rings. The number of carbonyl (C=O) groups is 1. The lowest BCUT2D eigenvalue weighted by Crippen LogP contribution is -2.52. The molecule has 0 radical (unpaired) electrons. The Balaban J connectivity index is 1.75. The van der Waals surface area contributed by atoms with Crippen molar-refractivity contribution in [1.82, 2.24) is 10.2 Å². The summed E-state index contributed by atoms with van der Waals surface area (Å²) in [4.78, 5) is 15.1. The summed E-state index contributed by atoms with van der Waals surface area (Å²) < 4.78 is 6.09. The number of nitrogens with one attached hydrogen (secondary N) is 1. The fourth-order valence-electron chi connectivity index (χ4n) is 3.95. The third kappa shape index (κ3) is 3.65. The minimum atomic E-state index is -0.0100. The third-order valence-electron chi connectivity index (χ3n) is 5.47. The van der Waals surface area contributed by atoms with E-state index in [-0.39, 0.29) is 18.1 Å². The van der Waals surface area contributed by atoms with Crippen LogP contribution in [0.25, 0.3) is 0 Å². The molecule has 1 amide bonds. The van der Waals surface area contributed by atoms with Crippen LogP contribution in [0.15, 0.2) is 18.2 Å². The van der Waals surface area contributed by atoms with Gasteiger partial charge in [0, 0.05) is 12.0 Å². The molecule has 4 heteroatoms. The van der Waals surface area contributed by atoms with Gasteiger partial charge in [-0.3, -0.25) is 4.79 Å². The van der Waals surface area contributed by atoms with Crippen molar-refractivity contribution in [1.29, 1.82) is 0 Å². The van der Waals surface area contributed by atoms with E-state index in [4.69, 9.17) is 4.74 Å². The summed E-state index contributed by atoms with van der Waals surface area (Å²) in [6.07, 6.45) is 1.88. The maximum atomic E-state index is 13.1. The second kappa shape index (κ2) is 7.24. The number of rotatable bonds is 2. The predicted octanol–water partition coefficient (Wildman–Crippen LogP) is 2.98. The number of nitrogens with zero attached hydrogens (tertiary/aromatic N) is 1. The first-order valence-electron chi connectivity index (χ1n) is 9.18. The van der Waals surface area contributed by atoms with E-state index in [0.717, 1.165) is 19.4 Å². The van der Waals surface area contributed by atoms with E-state index in [1.165, 1.54) is 16.7 Å². The van der Waals surface area contributed by atoms with Crippen molar-refractivity contribution in [2.24, 2.45) is 5.92 Å². The Kier molecular flexibility index (Phi) is 5.26. The highest BCUT2D eigenvalue weighted by Gasteiger charge is 2.35. The summed E-state index contributed by atoms with van der Waals surface area (Å²) in [5.74, 6) is 0.468. The van der Waals surface area contributed by atoms with Crippen LogP contribution in [-0.2, 0) is 9.53 Å². The van der Waals surface area contributed by atoms with E-state index in [2.05, 4.69) is 56.1 Å². The van der Waals surface area contributed by atoms with Crippen LogP contribution in [0.2, 0.25) is 0 Å². The van der Waals surface area contributed by atoms with Crippen LogP contribution in [0.1, 0.15) is 49.5 Å². The Hall–Kier alpha value is -1.39. The molecule has 2 aliphatic rings. The Morgan fingerprint density at radius 1 is 1.29 bits per heavy atom. The van der Waals surface area contributed by atoms with E-state index in [0.29, 0.717) is 25.1 Å². The molecule has 2 heterocycles. The predicted molar refractivity (Wildman–Crippen MR) is 96.0 cm³/mol. The highest BCUT2D eigenvalue weighted by Crippen LogP contribution is 2.30. The Morgan fingerprint density at radius 2 is 2.08 bits per heavy atom. The van der Waals surface area contributed by atoms with E-state index in [1.807, 2.05) is 0 Å². The molecule has 0 aromatic heterocycles. The normalized spacial score (nSPS) is 31.1. The summed E-state index contributed by atoms with van der Waals surface area (Å²) >= 11 is 0. The Bertz CT molecular complexity index is 601. The molecule has 3 rings (SSSR count). The average Bonchev–Trinajstić information content (AvgIpc) is 2.57. The number of hydrogen-bond donors (Lipinski definition) is 1. The van der Waals surface area contributed by atoms with Crippen molar-refractivity contribution in [3.63, 3.8) is 0 Å². The smallest absolute Gasteiger partial charge is 0.226 e. The van der Waals surface area contributed by atoms with Gasteiger partial charge in [0.1, 0.15) is 6.10 Å².